The predicted octanol–water partition coefficient (Wildman–Crippen LogP) is 3.68. The van der Waals surface area contributed by atoms with E-state index in [4.69, 9.17) is 5.73 Å². The number of benzene rings is 1. The minimum atomic E-state index is -5.77. The van der Waals surface area contributed by atoms with Crippen LogP contribution in [-0.4, -0.2) is 6.18 Å². The summed E-state index contributed by atoms with van der Waals surface area (Å²) in [5.41, 5.74) is 2.12. The third-order valence-corrected chi connectivity index (χ3v) is 2.39. The number of anilines is 1. The molecule has 0 aliphatic rings. The Morgan fingerprint density at radius 2 is 1.53 bits per heavy atom. The van der Waals surface area contributed by atoms with Crippen molar-refractivity contribution in [2.75, 3.05) is 5.73 Å². The molecular weight excluding hydrogens is 248 g/mol. The van der Waals surface area contributed by atoms with Gasteiger partial charge in [-0.3, -0.25) is 0 Å². The molecule has 2 N–H and O–H groups in total. The van der Waals surface area contributed by atoms with E-state index in [-0.39, 0.29) is 0 Å². The highest BCUT2D eigenvalue weighted by Crippen LogP contribution is 2.47. The van der Waals surface area contributed by atoms with Crippen LogP contribution in [0.5, 0.6) is 0 Å². The lowest BCUT2D eigenvalue weighted by Gasteiger charge is -2.24. The molecule has 1 aromatic carbocycles. The zero-order valence-electron chi connectivity index (χ0n) is 8.92. The van der Waals surface area contributed by atoms with Crippen LogP contribution in [0.15, 0.2) is 6.07 Å². The summed E-state index contributed by atoms with van der Waals surface area (Å²) < 4.78 is 76.2. The highest BCUT2D eigenvalue weighted by atomic mass is 19.4. The number of aryl methyl sites for hydroxylation is 1. The van der Waals surface area contributed by atoms with Crippen molar-refractivity contribution in [3.63, 3.8) is 0 Å². The fourth-order valence-corrected chi connectivity index (χ4v) is 1.62. The second kappa shape index (κ2) is 3.82. The summed E-state index contributed by atoms with van der Waals surface area (Å²) in [6.07, 6.45) is -5.77. The van der Waals surface area contributed by atoms with Crippen molar-refractivity contribution in [3.05, 3.63) is 28.6 Å². The minimum absolute atomic E-state index is 0.399. The zero-order valence-corrected chi connectivity index (χ0v) is 8.92. The summed E-state index contributed by atoms with van der Waals surface area (Å²) in [6.45, 7) is 1.87. The molecule has 1 rings (SSSR count). The van der Waals surface area contributed by atoms with E-state index in [0.29, 0.717) is 0 Å². The van der Waals surface area contributed by atoms with Crippen molar-refractivity contribution in [3.8, 4) is 0 Å². The first kappa shape index (κ1) is 13.7. The molecule has 0 bridgehead atoms. The maximum absolute atomic E-state index is 13.3. The molecule has 7 heteroatoms. The van der Waals surface area contributed by atoms with E-state index in [9.17, 15) is 26.3 Å². The minimum Gasteiger partial charge on any atom is -0.396 e. The first-order valence-corrected chi connectivity index (χ1v) is 4.50. The molecule has 0 fully saturated rings. The normalized spacial score (nSPS) is 12.9. The van der Waals surface area contributed by atoms with Crippen LogP contribution < -0.4 is 5.73 Å². The molecule has 1 aromatic rings. The average Bonchev–Trinajstić information content (AvgIpc) is 2.12. The van der Waals surface area contributed by atoms with Gasteiger partial charge in [0.15, 0.2) is 0 Å². The highest BCUT2D eigenvalue weighted by molar-refractivity contribution is 5.52. The monoisotopic (exact) mass is 257 g/mol. The van der Waals surface area contributed by atoms with E-state index >= 15 is 0 Å². The Morgan fingerprint density at radius 3 is 1.94 bits per heavy atom. The Morgan fingerprint density at radius 1 is 1.06 bits per heavy atom. The molecule has 0 saturated heterocycles. The van der Waals surface area contributed by atoms with Gasteiger partial charge in [-0.25, -0.2) is 4.39 Å². The van der Waals surface area contributed by atoms with Crippen LogP contribution in [0.1, 0.15) is 16.7 Å². The molecule has 96 valence electrons. The lowest BCUT2D eigenvalue weighted by atomic mass is 9.95. The number of halogens is 6. The van der Waals surface area contributed by atoms with Gasteiger partial charge in [0.25, 0.3) is 0 Å². The van der Waals surface area contributed by atoms with E-state index in [1.807, 2.05) is 0 Å². The van der Waals surface area contributed by atoms with E-state index in [1.165, 1.54) is 0 Å². The maximum Gasteiger partial charge on any atom is 0.458 e. The fourth-order valence-electron chi connectivity index (χ4n) is 1.62. The van der Waals surface area contributed by atoms with Gasteiger partial charge in [-0.2, -0.15) is 22.0 Å². The lowest BCUT2D eigenvalue weighted by Crippen LogP contribution is -2.35. The van der Waals surface area contributed by atoms with Gasteiger partial charge < -0.3 is 5.73 Å². The molecule has 17 heavy (non-hydrogen) atoms. The summed E-state index contributed by atoms with van der Waals surface area (Å²) in [7, 11) is 0. The Bertz CT molecular complexity index is 449. The summed E-state index contributed by atoms with van der Waals surface area (Å²) in [6, 6.07) is 0.761. The van der Waals surface area contributed by atoms with Gasteiger partial charge in [0.2, 0.25) is 0 Å². The molecule has 0 amide bonds. The average molecular weight is 257 g/mol. The third-order valence-electron chi connectivity index (χ3n) is 2.39. The van der Waals surface area contributed by atoms with Gasteiger partial charge in [0.1, 0.15) is 5.82 Å². The smallest absolute Gasteiger partial charge is 0.396 e. The summed E-state index contributed by atoms with van der Waals surface area (Å²) in [5, 5.41) is 0. The number of hydrogen-bond acceptors (Lipinski definition) is 1. The summed E-state index contributed by atoms with van der Waals surface area (Å²) >= 11 is 0. The van der Waals surface area contributed by atoms with E-state index in [2.05, 4.69) is 0 Å². The summed E-state index contributed by atoms with van der Waals surface area (Å²) in [5.74, 6) is -6.36. The number of nitrogen functional groups attached to an aromatic ring is 1. The first-order chi connectivity index (χ1) is 7.50. The van der Waals surface area contributed by atoms with Crippen LogP contribution in [0, 0.1) is 19.7 Å². The van der Waals surface area contributed by atoms with Crippen molar-refractivity contribution >= 4 is 5.69 Å². The predicted molar refractivity (Wildman–Crippen MR) is 50.2 cm³/mol. The number of rotatable bonds is 1. The van der Waals surface area contributed by atoms with Crippen LogP contribution >= 0.6 is 0 Å². The highest BCUT2D eigenvalue weighted by Gasteiger charge is 2.60. The van der Waals surface area contributed by atoms with Crippen LogP contribution in [0.4, 0.5) is 32.0 Å². The number of alkyl halides is 5. The summed E-state index contributed by atoms with van der Waals surface area (Å²) in [4.78, 5) is 0. The van der Waals surface area contributed by atoms with Crippen molar-refractivity contribution < 1.29 is 26.3 Å². The lowest BCUT2D eigenvalue weighted by molar-refractivity contribution is -0.289. The van der Waals surface area contributed by atoms with Gasteiger partial charge in [0.05, 0.1) is 5.69 Å². The Balaban J connectivity index is 3.58. The largest absolute Gasteiger partial charge is 0.458 e. The molecule has 1 nitrogen and oxygen atoms in total. The Labute approximate surface area is 93.2 Å². The molecule has 0 saturated carbocycles. The standard InChI is InChI=1S/C10H9F6N/c1-4-3-6(17)8(11)5(2)7(4)9(12,13)10(14,15)16/h3H,17H2,1-2H3. The zero-order chi connectivity index (χ0) is 13.6. The van der Waals surface area contributed by atoms with Crippen molar-refractivity contribution in [1.82, 2.24) is 0 Å². The van der Waals surface area contributed by atoms with E-state index in [1.54, 1.807) is 0 Å². The number of nitrogens with two attached hydrogens (primary N) is 1. The van der Waals surface area contributed by atoms with E-state index in [0.717, 1.165) is 19.9 Å². The van der Waals surface area contributed by atoms with Crippen LogP contribution in [0.3, 0.4) is 0 Å². The molecule has 0 spiro atoms. The molecular formula is C10H9F6N. The van der Waals surface area contributed by atoms with Gasteiger partial charge in [-0.1, -0.05) is 0 Å². The van der Waals surface area contributed by atoms with E-state index < -0.39 is 40.3 Å². The van der Waals surface area contributed by atoms with Crippen molar-refractivity contribution in [2.24, 2.45) is 0 Å². The molecule has 0 unspecified atom stereocenters. The van der Waals surface area contributed by atoms with Crippen molar-refractivity contribution in [1.29, 1.82) is 0 Å². The second-order valence-electron chi connectivity index (χ2n) is 3.67. The van der Waals surface area contributed by atoms with Crippen molar-refractivity contribution in [2.45, 2.75) is 25.9 Å². The Kier molecular flexibility index (Phi) is 3.07. The molecule has 0 aromatic heterocycles. The van der Waals surface area contributed by atoms with Crippen LogP contribution in [0.2, 0.25) is 0 Å². The Hall–Kier alpha value is -1.40. The van der Waals surface area contributed by atoms with Gasteiger partial charge in [0, 0.05) is 5.56 Å². The SMILES string of the molecule is Cc1cc(N)c(F)c(C)c1C(F)(F)C(F)(F)F. The third kappa shape index (κ3) is 2.05. The maximum atomic E-state index is 13.3. The molecule has 0 aliphatic carbocycles. The van der Waals surface area contributed by atoms with Gasteiger partial charge >= 0.3 is 12.1 Å². The molecule has 0 radical (unpaired) electrons. The van der Waals surface area contributed by atoms with Gasteiger partial charge in [-0.05, 0) is 31.0 Å². The fraction of sp³-hybridized carbons (Fsp3) is 0.400. The quantitative estimate of drug-likeness (QED) is 0.602. The van der Waals surface area contributed by atoms with Crippen LogP contribution in [0.25, 0.3) is 0 Å². The molecule has 0 atom stereocenters. The number of hydrogen-bond donors (Lipinski definition) is 1. The van der Waals surface area contributed by atoms with Crippen LogP contribution in [-0.2, 0) is 5.92 Å². The molecule has 0 aliphatic heterocycles. The topological polar surface area (TPSA) is 26.0 Å². The first-order valence-electron chi connectivity index (χ1n) is 4.50. The van der Waals surface area contributed by atoms with Gasteiger partial charge in [-0.15, -0.1) is 0 Å². The second-order valence-corrected chi connectivity index (χ2v) is 3.67. The molecule has 0 heterocycles.